The zero-order chi connectivity index (χ0) is 17.4. The van der Waals surface area contributed by atoms with Gasteiger partial charge in [-0.3, -0.25) is 9.69 Å². The van der Waals surface area contributed by atoms with E-state index in [1.165, 1.54) is 0 Å². The first-order valence-corrected chi connectivity index (χ1v) is 9.33. The maximum atomic E-state index is 12.8. The molecule has 1 saturated heterocycles. The molecule has 0 aromatic carbocycles. The second kappa shape index (κ2) is 6.57. The van der Waals surface area contributed by atoms with Gasteiger partial charge in [-0.15, -0.1) is 11.3 Å². The van der Waals surface area contributed by atoms with Crippen molar-refractivity contribution in [2.75, 3.05) is 26.2 Å². The number of amides is 1. The van der Waals surface area contributed by atoms with Gasteiger partial charge in [0.1, 0.15) is 11.3 Å². The van der Waals surface area contributed by atoms with E-state index in [0.29, 0.717) is 5.69 Å². The molecule has 0 aliphatic carbocycles. The molecule has 1 fully saturated rings. The lowest BCUT2D eigenvalue weighted by Crippen LogP contribution is -2.48. The molecule has 3 aromatic rings. The molecular formula is C18H21N5OS. The number of rotatable bonds is 3. The van der Waals surface area contributed by atoms with Crippen molar-refractivity contribution >= 4 is 28.3 Å². The monoisotopic (exact) mass is 355 g/mol. The zero-order valence-electron chi connectivity index (χ0n) is 14.5. The van der Waals surface area contributed by atoms with Gasteiger partial charge in [-0.2, -0.15) is 0 Å². The summed E-state index contributed by atoms with van der Waals surface area (Å²) in [6, 6.07) is 5.81. The molecule has 0 spiro atoms. The number of nitrogens with zero attached hydrogens (tertiary/aromatic N) is 5. The summed E-state index contributed by atoms with van der Waals surface area (Å²) in [6.07, 6.45) is 1.96. The molecule has 25 heavy (non-hydrogen) atoms. The quantitative estimate of drug-likeness (QED) is 0.723. The average Bonchev–Trinajstić information content (AvgIpc) is 3.20. The number of carbonyl (C=O) groups excluding carboxylic acids is 1. The Morgan fingerprint density at radius 1 is 1.16 bits per heavy atom. The molecule has 4 heterocycles. The van der Waals surface area contributed by atoms with Gasteiger partial charge in [-0.25, -0.2) is 9.97 Å². The maximum Gasteiger partial charge on any atom is 0.272 e. The fraction of sp³-hybridized carbons (Fsp3) is 0.389. The van der Waals surface area contributed by atoms with Crippen molar-refractivity contribution in [2.45, 2.75) is 13.5 Å². The molecule has 0 radical (unpaired) electrons. The summed E-state index contributed by atoms with van der Waals surface area (Å²) in [6.45, 7) is 6.09. The number of pyridine rings is 1. The minimum Gasteiger partial charge on any atom is -0.336 e. The molecular weight excluding hydrogens is 334 g/mol. The topological polar surface area (TPSA) is 54.3 Å². The molecule has 0 saturated carbocycles. The summed E-state index contributed by atoms with van der Waals surface area (Å²) in [5, 5.41) is 4.28. The molecule has 3 aromatic heterocycles. The Bertz CT molecular complexity index is 907. The first kappa shape index (κ1) is 16.2. The van der Waals surface area contributed by atoms with Gasteiger partial charge in [0.2, 0.25) is 0 Å². The third kappa shape index (κ3) is 3.29. The van der Waals surface area contributed by atoms with Gasteiger partial charge < -0.3 is 9.47 Å². The van der Waals surface area contributed by atoms with Crippen LogP contribution < -0.4 is 0 Å². The SMILES string of the molecule is Cc1nc(CN2CCN(C(=O)c3ccc4ccn(C)c4n3)CC2)cs1. The number of carbonyl (C=O) groups is 1. The highest BCUT2D eigenvalue weighted by atomic mass is 32.1. The normalized spacial score (nSPS) is 15.8. The molecule has 0 bridgehead atoms. The predicted molar refractivity (Wildman–Crippen MR) is 98.7 cm³/mol. The molecule has 1 amide bonds. The minimum atomic E-state index is 0.0206. The summed E-state index contributed by atoms with van der Waals surface area (Å²) in [7, 11) is 1.95. The summed E-state index contributed by atoms with van der Waals surface area (Å²) in [5.41, 5.74) is 2.50. The smallest absolute Gasteiger partial charge is 0.272 e. The van der Waals surface area contributed by atoms with Gasteiger partial charge in [-0.05, 0) is 25.1 Å². The molecule has 1 aliphatic rings. The molecule has 6 nitrogen and oxygen atoms in total. The van der Waals surface area contributed by atoms with Gasteiger partial charge in [-0.1, -0.05) is 0 Å². The van der Waals surface area contributed by atoms with E-state index < -0.39 is 0 Å². The zero-order valence-corrected chi connectivity index (χ0v) is 15.3. The van der Waals surface area contributed by atoms with Gasteiger partial charge in [0.15, 0.2) is 0 Å². The van der Waals surface area contributed by atoms with Gasteiger partial charge in [0.05, 0.1) is 10.7 Å². The number of thiazole rings is 1. The second-order valence-electron chi connectivity index (χ2n) is 6.46. The minimum absolute atomic E-state index is 0.0206. The van der Waals surface area contributed by atoms with Crippen molar-refractivity contribution < 1.29 is 4.79 Å². The highest BCUT2D eigenvalue weighted by Gasteiger charge is 2.23. The lowest BCUT2D eigenvalue weighted by Gasteiger charge is -2.34. The second-order valence-corrected chi connectivity index (χ2v) is 7.52. The Morgan fingerprint density at radius 2 is 1.96 bits per heavy atom. The fourth-order valence-corrected chi connectivity index (χ4v) is 3.84. The van der Waals surface area contributed by atoms with Crippen LogP contribution in [0.5, 0.6) is 0 Å². The summed E-state index contributed by atoms with van der Waals surface area (Å²) < 4.78 is 1.94. The Hall–Kier alpha value is -2.25. The van der Waals surface area contributed by atoms with Crippen LogP contribution in [-0.4, -0.2) is 56.4 Å². The van der Waals surface area contributed by atoms with Gasteiger partial charge >= 0.3 is 0 Å². The summed E-state index contributed by atoms with van der Waals surface area (Å²) in [5.74, 6) is 0.0206. The Kier molecular flexibility index (Phi) is 4.27. The molecule has 0 N–H and O–H groups in total. The van der Waals surface area contributed by atoms with Crippen LogP contribution in [-0.2, 0) is 13.6 Å². The van der Waals surface area contributed by atoms with Crippen LogP contribution in [0.4, 0.5) is 0 Å². The third-order valence-corrected chi connectivity index (χ3v) is 5.47. The summed E-state index contributed by atoms with van der Waals surface area (Å²) in [4.78, 5) is 26.1. The standard InChI is InChI=1S/C18H21N5OS/c1-13-19-15(12-25-13)11-22-7-9-23(10-8-22)18(24)16-4-3-14-5-6-21(2)17(14)20-16/h3-6,12H,7-11H2,1-2H3. The number of aromatic nitrogens is 3. The number of fused-ring (bicyclic) bond motifs is 1. The van der Waals surface area contributed by atoms with Crippen LogP contribution >= 0.6 is 11.3 Å². The average molecular weight is 355 g/mol. The maximum absolute atomic E-state index is 12.8. The van der Waals surface area contributed by atoms with Crippen molar-refractivity contribution in [3.05, 3.63) is 46.2 Å². The van der Waals surface area contributed by atoms with E-state index in [2.05, 4.69) is 20.2 Å². The Labute approximate surface area is 150 Å². The molecule has 0 unspecified atom stereocenters. The van der Waals surface area contributed by atoms with Gasteiger partial charge in [0, 0.05) is 56.7 Å². The number of hydrogen-bond donors (Lipinski definition) is 0. The van der Waals surface area contributed by atoms with E-state index in [9.17, 15) is 4.79 Å². The third-order valence-electron chi connectivity index (χ3n) is 4.65. The van der Waals surface area contributed by atoms with E-state index in [-0.39, 0.29) is 5.91 Å². The van der Waals surface area contributed by atoms with E-state index in [0.717, 1.165) is 54.5 Å². The van der Waals surface area contributed by atoms with Crippen molar-refractivity contribution in [1.29, 1.82) is 0 Å². The Balaban J connectivity index is 1.40. The van der Waals surface area contributed by atoms with Crippen LogP contribution in [0.25, 0.3) is 11.0 Å². The van der Waals surface area contributed by atoms with Crippen LogP contribution in [0.1, 0.15) is 21.2 Å². The van der Waals surface area contributed by atoms with Crippen LogP contribution in [0.3, 0.4) is 0 Å². The van der Waals surface area contributed by atoms with E-state index in [1.54, 1.807) is 11.3 Å². The number of hydrogen-bond acceptors (Lipinski definition) is 5. The van der Waals surface area contributed by atoms with Crippen LogP contribution in [0, 0.1) is 6.92 Å². The van der Waals surface area contributed by atoms with Crippen LogP contribution in [0.2, 0.25) is 0 Å². The summed E-state index contributed by atoms with van der Waals surface area (Å²) >= 11 is 1.69. The lowest BCUT2D eigenvalue weighted by atomic mass is 10.2. The first-order chi connectivity index (χ1) is 12.1. The lowest BCUT2D eigenvalue weighted by molar-refractivity contribution is 0.0622. The molecule has 1 aliphatic heterocycles. The van der Waals surface area contributed by atoms with Crippen molar-refractivity contribution in [3.8, 4) is 0 Å². The number of aryl methyl sites for hydroxylation is 2. The van der Waals surface area contributed by atoms with E-state index >= 15 is 0 Å². The highest BCUT2D eigenvalue weighted by Crippen LogP contribution is 2.16. The van der Waals surface area contributed by atoms with Crippen molar-refractivity contribution in [2.24, 2.45) is 7.05 Å². The van der Waals surface area contributed by atoms with Gasteiger partial charge in [0.25, 0.3) is 5.91 Å². The molecule has 7 heteroatoms. The van der Waals surface area contributed by atoms with E-state index in [4.69, 9.17) is 0 Å². The Morgan fingerprint density at radius 3 is 2.68 bits per heavy atom. The largest absolute Gasteiger partial charge is 0.336 e. The fourth-order valence-electron chi connectivity index (χ4n) is 3.23. The predicted octanol–water partition coefficient (Wildman–Crippen LogP) is 2.30. The molecule has 0 atom stereocenters. The molecule has 130 valence electrons. The van der Waals surface area contributed by atoms with Crippen molar-refractivity contribution in [3.63, 3.8) is 0 Å². The highest BCUT2D eigenvalue weighted by molar-refractivity contribution is 7.09. The van der Waals surface area contributed by atoms with E-state index in [1.807, 2.05) is 47.8 Å². The molecule has 4 rings (SSSR count). The van der Waals surface area contributed by atoms with Crippen LogP contribution in [0.15, 0.2) is 29.8 Å². The number of piperazine rings is 1. The first-order valence-electron chi connectivity index (χ1n) is 8.45. The van der Waals surface area contributed by atoms with Crippen molar-refractivity contribution in [1.82, 2.24) is 24.3 Å².